The van der Waals surface area contributed by atoms with E-state index in [-0.39, 0.29) is 0 Å². The number of hydrogen-bond donors (Lipinski definition) is 0. The second kappa shape index (κ2) is 14.2. The first-order chi connectivity index (χ1) is 15.6. The van der Waals surface area contributed by atoms with Gasteiger partial charge in [0.15, 0.2) is 0 Å². The minimum absolute atomic E-state index is 0.392. The van der Waals surface area contributed by atoms with Crippen molar-refractivity contribution in [2.45, 2.75) is 106 Å². The van der Waals surface area contributed by atoms with Gasteiger partial charge in [0, 0.05) is 0 Å². The Morgan fingerprint density at radius 1 is 0.758 bits per heavy atom. The van der Waals surface area contributed by atoms with Crippen molar-refractivity contribution in [3.05, 3.63) is 84.0 Å². The monoisotopic (exact) mass is 446 g/mol. The van der Waals surface area contributed by atoms with Gasteiger partial charge in [-0.2, -0.15) is 0 Å². The van der Waals surface area contributed by atoms with Gasteiger partial charge in [0.2, 0.25) is 0 Å². The maximum absolute atomic E-state index is 4.57. The molecule has 0 aliphatic heterocycles. The first-order valence-electron chi connectivity index (χ1n) is 13.1. The lowest BCUT2D eigenvalue weighted by Gasteiger charge is -2.35. The molecule has 0 aromatic heterocycles. The van der Waals surface area contributed by atoms with Crippen LogP contribution in [0.4, 0.5) is 0 Å². The molecular weight excluding hydrogens is 396 g/mol. The highest BCUT2D eigenvalue weighted by molar-refractivity contribution is 5.67. The third kappa shape index (κ3) is 9.00. The van der Waals surface area contributed by atoms with Crippen molar-refractivity contribution < 1.29 is 0 Å². The van der Waals surface area contributed by atoms with E-state index in [2.05, 4.69) is 85.2 Å². The molecule has 0 amide bonds. The minimum atomic E-state index is 0.392. The highest BCUT2D eigenvalue weighted by Crippen LogP contribution is 2.43. The summed E-state index contributed by atoms with van der Waals surface area (Å²) in [5, 5.41) is 0. The van der Waals surface area contributed by atoms with Gasteiger partial charge in [0.1, 0.15) is 0 Å². The van der Waals surface area contributed by atoms with Gasteiger partial charge in [-0.3, -0.25) is 0 Å². The van der Waals surface area contributed by atoms with Crippen LogP contribution in [0, 0.1) is 5.41 Å². The molecule has 0 bridgehead atoms. The van der Waals surface area contributed by atoms with E-state index in [4.69, 9.17) is 0 Å². The molecule has 0 heterocycles. The molecule has 0 radical (unpaired) electrons. The zero-order valence-electron chi connectivity index (χ0n) is 22.7. The molecule has 1 rings (SSSR count). The topological polar surface area (TPSA) is 0 Å². The highest BCUT2D eigenvalue weighted by atomic mass is 14.3. The Morgan fingerprint density at radius 3 is 1.73 bits per heavy atom. The van der Waals surface area contributed by atoms with Crippen molar-refractivity contribution in [1.29, 1.82) is 0 Å². The van der Waals surface area contributed by atoms with E-state index < -0.39 is 0 Å². The fourth-order valence-electron chi connectivity index (χ4n) is 4.96. The fraction of sp³-hybridized carbons (Fsp3) is 0.515. The summed E-state index contributed by atoms with van der Waals surface area (Å²) < 4.78 is 0. The zero-order valence-corrected chi connectivity index (χ0v) is 22.7. The molecule has 0 aliphatic carbocycles. The summed E-state index contributed by atoms with van der Waals surface area (Å²) in [6, 6.07) is 8.64. The van der Waals surface area contributed by atoms with Crippen molar-refractivity contribution in [3.8, 4) is 0 Å². The summed E-state index contributed by atoms with van der Waals surface area (Å²) in [5.74, 6) is 0. The Bertz CT molecular complexity index is 835. The Balaban J connectivity index is 2.80. The molecule has 0 N–H and O–H groups in total. The van der Waals surface area contributed by atoms with E-state index in [0.29, 0.717) is 5.41 Å². The summed E-state index contributed by atoms with van der Waals surface area (Å²) in [4.78, 5) is 0. The Hall–Kier alpha value is -2.08. The second-order valence-electron chi connectivity index (χ2n) is 10.2. The van der Waals surface area contributed by atoms with E-state index >= 15 is 0 Å². The van der Waals surface area contributed by atoms with Crippen LogP contribution in [0.2, 0.25) is 0 Å². The lowest BCUT2D eigenvalue weighted by atomic mass is 9.70. The van der Waals surface area contributed by atoms with Crippen LogP contribution in [-0.4, -0.2) is 0 Å². The van der Waals surface area contributed by atoms with Crippen LogP contribution >= 0.6 is 0 Å². The fourth-order valence-corrected chi connectivity index (χ4v) is 4.96. The van der Waals surface area contributed by atoms with Crippen LogP contribution < -0.4 is 0 Å². The average molecular weight is 447 g/mol. The van der Waals surface area contributed by atoms with Crippen LogP contribution in [0.3, 0.4) is 0 Å². The first kappa shape index (κ1) is 29.0. The molecule has 0 fully saturated rings. The Morgan fingerprint density at radius 2 is 1.27 bits per heavy atom. The highest BCUT2D eigenvalue weighted by Gasteiger charge is 2.29. The van der Waals surface area contributed by atoms with Gasteiger partial charge in [-0.25, -0.2) is 0 Å². The molecule has 1 aromatic rings. The van der Waals surface area contributed by atoms with Crippen molar-refractivity contribution in [1.82, 2.24) is 0 Å². The van der Waals surface area contributed by atoms with Gasteiger partial charge in [0.25, 0.3) is 0 Å². The van der Waals surface area contributed by atoms with E-state index in [1.54, 1.807) is 0 Å². The lowest BCUT2D eigenvalue weighted by Crippen LogP contribution is -2.21. The Labute approximate surface area is 206 Å². The van der Waals surface area contributed by atoms with Crippen LogP contribution in [0.25, 0.3) is 11.1 Å². The molecule has 0 spiro atoms. The summed E-state index contributed by atoms with van der Waals surface area (Å²) >= 11 is 0. The van der Waals surface area contributed by atoms with E-state index in [1.165, 1.54) is 71.1 Å². The van der Waals surface area contributed by atoms with Crippen LogP contribution in [0.1, 0.15) is 117 Å². The second-order valence-corrected chi connectivity index (χ2v) is 10.2. The average Bonchev–Trinajstić information content (AvgIpc) is 2.79. The molecule has 0 saturated carbocycles. The largest absolute Gasteiger partial charge is 0.0958 e. The third-order valence-corrected chi connectivity index (χ3v) is 7.38. The van der Waals surface area contributed by atoms with Crippen molar-refractivity contribution >= 4 is 11.1 Å². The quantitative estimate of drug-likeness (QED) is 0.175. The maximum Gasteiger partial charge on any atom is -0.0217 e. The predicted octanol–water partition coefficient (Wildman–Crippen LogP) is 11.1. The summed E-state index contributed by atoms with van der Waals surface area (Å²) in [6.45, 7) is 30.6. The minimum Gasteiger partial charge on any atom is -0.0958 e. The molecule has 33 heavy (non-hydrogen) atoms. The molecule has 182 valence electrons. The number of allylic oxidation sites excluding steroid dienone is 6. The molecule has 0 saturated heterocycles. The summed E-state index contributed by atoms with van der Waals surface area (Å²) in [6.07, 6.45) is 11.8. The number of benzene rings is 1. The van der Waals surface area contributed by atoms with Crippen LogP contribution in [0.15, 0.2) is 72.9 Å². The number of hydrogen-bond acceptors (Lipinski definition) is 0. The molecule has 0 nitrogen and oxygen atoms in total. The van der Waals surface area contributed by atoms with Crippen LogP contribution in [0.5, 0.6) is 0 Å². The summed E-state index contributed by atoms with van der Waals surface area (Å²) in [5.41, 5.74) is 10.5. The third-order valence-electron chi connectivity index (χ3n) is 7.38. The molecule has 0 heteroatoms. The molecule has 0 unspecified atom stereocenters. The predicted molar refractivity (Wildman–Crippen MR) is 152 cm³/mol. The summed E-state index contributed by atoms with van der Waals surface area (Å²) in [7, 11) is 0. The molecule has 0 atom stereocenters. The maximum atomic E-state index is 4.57. The normalized spacial score (nSPS) is 12.3. The van der Waals surface area contributed by atoms with E-state index in [0.717, 1.165) is 37.7 Å². The standard InChI is InChI=1S/C33H50/c1-11-22-33(13-3,23-12-2)24-32(29(10)25(4)5)28(9)17-15-14-16-27(8)31-20-18-30(19-21-31)26(6)7/h18-21H,4,6,8-9,11-17,22-24H2,1-3,5,7,10H3/b32-29+. The van der Waals surface area contributed by atoms with Gasteiger partial charge in [-0.1, -0.05) is 107 Å². The SMILES string of the molecule is C=C(C)/C(C)=C(\CC(CC)(CCC)CCC)C(=C)CCCCC(=C)c1ccc(C(=C)C)cc1. The van der Waals surface area contributed by atoms with Crippen LogP contribution in [-0.2, 0) is 0 Å². The van der Waals surface area contributed by atoms with Gasteiger partial charge in [0.05, 0.1) is 0 Å². The van der Waals surface area contributed by atoms with E-state index in [9.17, 15) is 0 Å². The number of rotatable bonds is 16. The molecule has 0 aliphatic rings. The van der Waals surface area contributed by atoms with Crippen molar-refractivity contribution in [3.63, 3.8) is 0 Å². The van der Waals surface area contributed by atoms with E-state index in [1.807, 2.05) is 6.92 Å². The zero-order chi connectivity index (χ0) is 25.0. The first-order valence-corrected chi connectivity index (χ1v) is 13.1. The number of unbranched alkanes of at least 4 members (excludes halogenated alkanes) is 1. The van der Waals surface area contributed by atoms with Crippen molar-refractivity contribution in [2.24, 2.45) is 5.41 Å². The van der Waals surface area contributed by atoms with Crippen molar-refractivity contribution in [2.75, 3.05) is 0 Å². The molecule has 1 aromatic carbocycles. The Kier molecular flexibility index (Phi) is 12.5. The van der Waals surface area contributed by atoms with Gasteiger partial charge in [-0.15, -0.1) is 0 Å². The van der Waals surface area contributed by atoms with Gasteiger partial charge >= 0.3 is 0 Å². The van der Waals surface area contributed by atoms with Gasteiger partial charge in [-0.05, 0) is 99.0 Å². The lowest BCUT2D eigenvalue weighted by molar-refractivity contribution is 0.221. The van der Waals surface area contributed by atoms with Gasteiger partial charge < -0.3 is 0 Å². The molecular formula is C33H50. The smallest absolute Gasteiger partial charge is 0.0217 e.